The predicted molar refractivity (Wildman–Crippen MR) is 149 cm³/mol. The lowest BCUT2D eigenvalue weighted by molar-refractivity contribution is -0.0907. The number of carbonyl (C=O) groups is 1. The van der Waals surface area contributed by atoms with Crippen molar-refractivity contribution in [3.8, 4) is 11.3 Å². The molecule has 3 heterocycles. The van der Waals surface area contributed by atoms with E-state index < -0.39 is 34.4 Å². The van der Waals surface area contributed by atoms with E-state index in [4.69, 9.17) is 14.2 Å². The van der Waals surface area contributed by atoms with E-state index in [0.29, 0.717) is 6.61 Å². The van der Waals surface area contributed by atoms with Gasteiger partial charge in [-0.25, -0.2) is 22.9 Å². The molecular weight excluding hydrogens is 556 g/mol. The highest BCUT2D eigenvalue weighted by molar-refractivity contribution is 7.89. The van der Waals surface area contributed by atoms with Crippen LogP contribution in [0.5, 0.6) is 0 Å². The number of hydrogen-bond donors (Lipinski definition) is 4. The Morgan fingerprint density at radius 3 is 2.67 bits per heavy atom. The smallest absolute Gasteiger partial charge is 0.407 e. The average molecular weight is 589 g/mol. The lowest BCUT2D eigenvalue weighted by Gasteiger charge is -2.25. The monoisotopic (exact) mass is 588 g/mol. The molecule has 5 rings (SSSR count). The summed E-state index contributed by atoms with van der Waals surface area (Å²) in [4.78, 5) is 17.3. The Bertz CT molecular complexity index is 1390. The molecule has 5 atom stereocenters. The number of thiazole rings is 1. The summed E-state index contributed by atoms with van der Waals surface area (Å²) in [5, 5.41) is 19.4. The van der Waals surface area contributed by atoms with Gasteiger partial charge in [-0.3, -0.25) is 0 Å². The number of aromatic nitrogens is 1. The number of nitrogens with zero attached hydrogens (tertiary/aromatic N) is 1. The van der Waals surface area contributed by atoms with Crippen molar-refractivity contribution in [1.29, 1.82) is 0 Å². The highest BCUT2D eigenvalue weighted by atomic mass is 32.2. The molecule has 4 N–H and O–H groups in total. The number of sulfonamides is 1. The van der Waals surface area contributed by atoms with Crippen molar-refractivity contribution >= 4 is 32.6 Å². The third-order valence-corrected chi connectivity index (χ3v) is 9.27. The van der Waals surface area contributed by atoms with Gasteiger partial charge in [-0.05, 0) is 30.5 Å². The van der Waals surface area contributed by atoms with Gasteiger partial charge in [-0.2, -0.15) is 0 Å². The van der Waals surface area contributed by atoms with Gasteiger partial charge in [0.15, 0.2) is 11.4 Å². The van der Waals surface area contributed by atoms with Gasteiger partial charge in [0.05, 0.1) is 41.9 Å². The van der Waals surface area contributed by atoms with Crippen LogP contribution in [0.25, 0.3) is 11.3 Å². The summed E-state index contributed by atoms with van der Waals surface area (Å²) in [7, 11) is -2.15. The lowest BCUT2D eigenvalue weighted by Crippen LogP contribution is -2.50. The van der Waals surface area contributed by atoms with Crippen molar-refractivity contribution in [2.24, 2.45) is 5.92 Å². The second-order valence-corrected chi connectivity index (χ2v) is 12.3. The number of carbonyl (C=O) groups excluding carboxylic acids is 1. The van der Waals surface area contributed by atoms with Gasteiger partial charge in [0, 0.05) is 24.5 Å². The van der Waals surface area contributed by atoms with Gasteiger partial charge < -0.3 is 30.0 Å². The summed E-state index contributed by atoms with van der Waals surface area (Å²) >= 11 is 1.45. The molecule has 11 nitrogen and oxygen atoms in total. The Kier molecular flexibility index (Phi) is 8.98. The molecule has 3 aromatic rings. The minimum atomic E-state index is -3.93. The van der Waals surface area contributed by atoms with E-state index in [0.717, 1.165) is 28.4 Å². The van der Waals surface area contributed by atoms with Crippen LogP contribution >= 0.6 is 11.3 Å². The summed E-state index contributed by atoms with van der Waals surface area (Å²) in [5.74, 6) is -0.0256. The van der Waals surface area contributed by atoms with Crippen LogP contribution in [0.3, 0.4) is 0 Å². The number of rotatable bonds is 11. The van der Waals surface area contributed by atoms with Crippen LogP contribution in [0.15, 0.2) is 64.9 Å². The van der Waals surface area contributed by atoms with E-state index in [2.05, 4.69) is 20.3 Å². The van der Waals surface area contributed by atoms with Crippen molar-refractivity contribution in [2.45, 2.75) is 42.3 Å². The van der Waals surface area contributed by atoms with Gasteiger partial charge in [0.2, 0.25) is 10.0 Å². The van der Waals surface area contributed by atoms with Crippen LogP contribution in [0.2, 0.25) is 0 Å². The Balaban J connectivity index is 1.22. The average Bonchev–Trinajstić information content (AvgIpc) is 3.71. The summed E-state index contributed by atoms with van der Waals surface area (Å²) < 4.78 is 45.1. The molecular formula is C27H32N4O7S2. The number of aliphatic hydroxyl groups excluding tert-OH is 1. The van der Waals surface area contributed by atoms with Gasteiger partial charge in [-0.1, -0.05) is 42.5 Å². The highest BCUT2D eigenvalue weighted by Crippen LogP contribution is 2.33. The minimum Gasteiger partial charge on any atom is -0.443 e. The number of amides is 1. The van der Waals surface area contributed by atoms with Gasteiger partial charge in [0.25, 0.3) is 0 Å². The van der Waals surface area contributed by atoms with Gasteiger partial charge in [-0.15, -0.1) is 11.3 Å². The van der Waals surface area contributed by atoms with Gasteiger partial charge in [0.1, 0.15) is 6.10 Å². The molecule has 214 valence electrons. The zero-order chi connectivity index (χ0) is 28.1. The SMILES string of the molecule is CNc1nc(-c2ccc(S(=O)(=O)NCC(O)C(Cc3ccccc3)NC(=O)OC3COC4OCCC34)cc2)cs1. The maximum Gasteiger partial charge on any atom is 0.407 e. The topological polar surface area (TPSA) is 148 Å². The second-order valence-electron chi connectivity index (χ2n) is 9.64. The fraction of sp³-hybridized carbons (Fsp3) is 0.407. The number of nitrogens with one attached hydrogen (secondary N) is 3. The largest absolute Gasteiger partial charge is 0.443 e. The number of anilines is 1. The Morgan fingerprint density at radius 2 is 1.95 bits per heavy atom. The number of alkyl carbamates (subject to hydrolysis) is 1. The number of benzene rings is 2. The van der Waals surface area contributed by atoms with Crippen molar-refractivity contribution in [3.63, 3.8) is 0 Å². The zero-order valence-corrected chi connectivity index (χ0v) is 23.5. The molecule has 2 fully saturated rings. The van der Waals surface area contributed by atoms with Crippen LogP contribution in [0, 0.1) is 5.92 Å². The van der Waals surface area contributed by atoms with E-state index in [9.17, 15) is 18.3 Å². The molecule has 2 aliphatic rings. The molecule has 0 aliphatic carbocycles. The van der Waals surface area contributed by atoms with Crippen molar-refractivity contribution < 1.29 is 32.5 Å². The van der Waals surface area contributed by atoms with Crippen LogP contribution in [0.4, 0.5) is 9.93 Å². The molecule has 13 heteroatoms. The molecule has 40 heavy (non-hydrogen) atoms. The molecule has 2 aliphatic heterocycles. The van der Waals surface area contributed by atoms with E-state index in [1.165, 1.54) is 23.5 Å². The zero-order valence-electron chi connectivity index (χ0n) is 21.9. The normalized spacial score (nSPS) is 21.9. The highest BCUT2D eigenvalue weighted by Gasteiger charge is 2.44. The maximum absolute atomic E-state index is 13.0. The minimum absolute atomic E-state index is 0.0256. The summed E-state index contributed by atoms with van der Waals surface area (Å²) in [6, 6.07) is 14.8. The summed E-state index contributed by atoms with van der Waals surface area (Å²) in [6.07, 6.45) is -1.74. The fourth-order valence-corrected chi connectivity index (χ4v) is 6.50. The van der Waals surface area contributed by atoms with Gasteiger partial charge >= 0.3 is 6.09 Å². The first-order valence-electron chi connectivity index (χ1n) is 13.0. The molecule has 2 saturated heterocycles. The standard InChI is InChI=1S/C27H32N4O7S2/c1-28-26-30-22(16-39-26)18-7-9-19(10-8-18)40(34,35)29-14-23(32)21(13-17-5-3-2-4-6-17)31-27(33)38-24-15-37-25-20(24)11-12-36-25/h2-10,16,20-21,23-25,29,32H,11-15H2,1H3,(H,28,30)(H,31,33). The Hall–Kier alpha value is -3.07. The van der Waals surface area contributed by atoms with Crippen molar-refractivity contribution in [2.75, 3.05) is 32.1 Å². The third kappa shape index (κ3) is 6.79. The number of fused-ring (bicyclic) bond motifs is 1. The molecule has 0 bridgehead atoms. The Morgan fingerprint density at radius 1 is 1.18 bits per heavy atom. The molecule has 0 spiro atoms. The van der Waals surface area contributed by atoms with Crippen LogP contribution < -0.4 is 15.4 Å². The molecule has 1 aromatic heterocycles. The number of ether oxygens (including phenoxy) is 3. The van der Waals surface area contributed by atoms with E-state index in [-0.39, 0.29) is 36.7 Å². The first kappa shape index (κ1) is 28.5. The number of aliphatic hydroxyl groups is 1. The van der Waals surface area contributed by atoms with E-state index in [1.54, 1.807) is 19.2 Å². The first-order valence-corrected chi connectivity index (χ1v) is 15.3. The maximum atomic E-state index is 13.0. The van der Waals surface area contributed by atoms with Crippen LogP contribution in [0.1, 0.15) is 12.0 Å². The molecule has 0 radical (unpaired) electrons. The number of hydrogen-bond acceptors (Lipinski definition) is 10. The molecule has 1 amide bonds. The first-order chi connectivity index (χ1) is 19.3. The summed E-state index contributed by atoms with van der Waals surface area (Å²) in [5.41, 5.74) is 2.39. The van der Waals surface area contributed by atoms with Crippen LogP contribution in [-0.4, -0.2) is 75.9 Å². The summed E-state index contributed by atoms with van der Waals surface area (Å²) in [6.45, 7) is 0.480. The third-order valence-electron chi connectivity index (χ3n) is 6.97. The predicted octanol–water partition coefficient (Wildman–Crippen LogP) is 2.59. The molecule has 2 aromatic carbocycles. The fourth-order valence-electron chi connectivity index (χ4n) is 4.77. The van der Waals surface area contributed by atoms with E-state index >= 15 is 0 Å². The van der Waals surface area contributed by atoms with Crippen molar-refractivity contribution in [1.82, 2.24) is 15.0 Å². The van der Waals surface area contributed by atoms with Crippen molar-refractivity contribution in [3.05, 3.63) is 65.5 Å². The second kappa shape index (κ2) is 12.6. The lowest BCUT2D eigenvalue weighted by atomic mass is 10.0. The Labute approximate surface area is 236 Å². The van der Waals surface area contributed by atoms with Crippen LogP contribution in [-0.2, 0) is 30.7 Å². The van der Waals surface area contributed by atoms with E-state index in [1.807, 2.05) is 35.7 Å². The molecule has 0 saturated carbocycles. The molecule has 5 unspecified atom stereocenters. The quantitative estimate of drug-likeness (QED) is 0.265.